The Morgan fingerprint density at radius 2 is 2.04 bits per heavy atom. The highest BCUT2D eigenvalue weighted by Crippen LogP contribution is 2.35. The molecule has 2 N–H and O–H groups in total. The van der Waals surface area contributed by atoms with Gasteiger partial charge in [-0.15, -0.1) is 5.10 Å². The summed E-state index contributed by atoms with van der Waals surface area (Å²) >= 11 is 7.41. The number of thioether (sulfide) groups is 1. The van der Waals surface area contributed by atoms with E-state index in [4.69, 9.17) is 11.6 Å². The first-order valence-electron chi connectivity index (χ1n) is 8.93. The van der Waals surface area contributed by atoms with E-state index in [9.17, 15) is 9.59 Å². The number of aromatic amines is 1. The molecule has 3 rings (SSSR count). The molecule has 0 saturated carbocycles. The van der Waals surface area contributed by atoms with E-state index in [0.717, 1.165) is 17.5 Å². The molecule has 1 amide bonds. The maximum atomic E-state index is 13.1. The number of hydrogen-bond acceptors (Lipinski definition) is 4. The normalized spacial score (nSPS) is 12.0. The fourth-order valence-corrected chi connectivity index (χ4v) is 3.95. The van der Waals surface area contributed by atoms with Crippen molar-refractivity contribution in [2.45, 2.75) is 37.2 Å². The summed E-state index contributed by atoms with van der Waals surface area (Å²) in [6.45, 7) is 4.42. The van der Waals surface area contributed by atoms with Crippen molar-refractivity contribution >= 4 is 35.0 Å². The van der Waals surface area contributed by atoms with Crippen LogP contribution in [0, 0.1) is 6.92 Å². The van der Waals surface area contributed by atoms with Gasteiger partial charge < -0.3 is 5.32 Å². The van der Waals surface area contributed by atoms with Crippen LogP contribution in [-0.4, -0.2) is 20.7 Å². The molecule has 1 atom stereocenters. The Bertz CT molecular complexity index is 1020. The van der Waals surface area contributed by atoms with Crippen LogP contribution in [0.3, 0.4) is 0 Å². The largest absolute Gasteiger partial charge is 0.343 e. The smallest absolute Gasteiger partial charge is 0.325 e. The van der Waals surface area contributed by atoms with Gasteiger partial charge in [0.25, 0.3) is 0 Å². The Morgan fingerprint density at radius 1 is 1.29 bits per heavy atom. The Labute approximate surface area is 172 Å². The van der Waals surface area contributed by atoms with Gasteiger partial charge in [-0.2, -0.15) is 0 Å². The quantitative estimate of drug-likeness (QED) is 0.559. The van der Waals surface area contributed by atoms with E-state index >= 15 is 0 Å². The van der Waals surface area contributed by atoms with E-state index in [1.807, 2.05) is 56.3 Å². The monoisotopic (exact) mass is 416 g/mol. The molecule has 0 aliphatic rings. The standard InChI is InChI=1S/C20H21ClN4O2S/c1-3-11-25-19(27)23-24-20(25)28-17(14-7-5-4-6-8-14)18(26)22-15-10-9-13(2)16(21)12-15/h4-10,12,17H,3,11H2,1-2H3,(H,22,26)(H,23,27). The molecule has 3 aromatic rings. The van der Waals surface area contributed by atoms with E-state index in [1.54, 1.807) is 10.6 Å². The summed E-state index contributed by atoms with van der Waals surface area (Å²) < 4.78 is 1.55. The number of aryl methyl sites for hydroxylation is 1. The van der Waals surface area contributed by atoms with Gasteiger partial charge in [0, 0.05) is 17.3 Å². The summed E-state index contributed by atoms with van der Waals surface area (Å²) in [7, 11) is 0. The number of rotatable bonds is 7. The number of benzene rings is 2. The van der Waals surface area contributed by atoms with Crippen molar-refractivity contribution < 1.29 is 4.79 Å². The van der Waals surface area contributed by atoms with Gasteiger partial charge in [-0.1, -0.05) is 66.7 Å². The van der Waals surface area contributed by atoms with Crippen molar-refractivity contribution in [3.63, 3.8) is 0 Å². The molecular weight excluding hydrogens is 396 g/mol. The van der Waals surface area contributed by atoms with Gasteiger partial charge in [0.15, 0.2) is 5.16 Å². The molecular formula is C20H21ClN4O2S. The van der Waals surface area contributed by atoms with Gasteiger partial charge in [-0.05, 0) is 36.6 Å². The average Bonchev–Trinajstić information content (AvgIpc) is 3.03. The maximum absolute atomic E-state index is 13.1. The van der Waals surface area contributed by atoms with Gasteiger partial charge in [-0.3, -0.25) is 9.36 Å². The molecule has 0 radical (unpaired) electrons. The number of hydrogen-bond donors (Lipinski definition) is 2. The third-order valence-electron chi connectivity index (χ3n) is 4.17. The number of anilines is 1. The molecule has 28 heavy (non-hydrogen) atoms. The fraction of sp³-hybridized carbons (Fsp3) is 0.250. The number of nitrogens with one attached hydrogen (secondary N) is 2. The van der Waals surface area contributed by atoms with Gasteiger partial charge in [0.05, 0.1) is 0 Å². The van der Waals surface area contributed by atoms with Gasteiger partial charge in [0.1, 0.15) is 5.25 Å². The molecule has 0 fully saturated rings. The number of halogens is 1. The number of amides is 1. The topological polar surface area (TPSA) is 79.8 Å². The minimum atomic E-state index is -0.577. The summed E-state index contributed by atoms with van der Waals surface area (Å²) in [5, 5.41) is 9.98. The zero-order valence-corrected chi connectivity index (χ0v) is 17.2. The number of carbonyl (C=O) groups excluding carboxylic acids is 1. The minimum Gasteiger partial charge on any atom is -0.325 e. The number of carbonyl (C=O) groups is 1. The predicted octanol–water partition coefficient (Wildman–Crippen LogP) is 4.42. The van der Waals surface area contributed by atoms with Gasteiger partial charge >= 0.3 is 5.69 Å². The molecule has 1 aromatic heterocycles. The summed E-state index contributed by atoms with van der Waals surface area (Å²) in [5.41, 5.74) is 2.10. The maximum Gasteiger partial charge on any atom is 0.343 e. The van der Waals surface area contributed by atoms with E-state index in [2.05, 4.69) is 15.5 Å². The first kappa shape index (κ1) is 20.2. The highest BCUT2D eigenvalue weighted by atomic mass is 35.5. The van der Waals surface area contributed by atoms with E-state index in [0.29, 0.717) is 22.4 Å². The summed E-state index contributed by atoms with van der Waals surface area (Å²) in [4.78, 5) is 25.1. The lowest BCUT2D eigenvalue weighted by atomic mass is 10.1. The third-order valence-corrected chi connectivity index (χ3v) is 5.83. The van der Waals surface area contributed by atoms with Gasteiger partial charge in [0.2, 0.25) is 5.91 Å². The fourth-order valence-electron chi connectivity index (χ4n) is 2.70. The van der Waals surface area contributed by atoms with Crippen molar-refractivity contribution in [2.75, 3.05) is 5.32 Å². The molecule has 1 unspecified atom stereocenters. The lowest BCUT2D eigenvalue weighted by Crippen LogP contribution is -2.21. The van der Waals surface area contributed by atoms with Crippen molar-refractivity contribution in [3.05, 3.63) is 75.2 Å². The molecule has 0 saturated heterocycles. The van der Waals surface area contributed by atoms with Crippen LogP contribution < -0.4 is 11.0 Å². The molecule has 0 aliphatic carbocycles. The predicted molar refractivity (Wildman–Crippen MR) is 113 cm³/mol. The first-order valence-corrected chi connectivity index (χ1v) is 10.2. The third kappa shape index (κ3) is 4.66. The van der Waals surface area contributed by atoms with Crippen LogP contribution in [0.5, 0.6) is 0 Å². The Hall–Kier alpha value is -2.51. The van der Waals surface area contributed by atoms with Crippen molar-refractivity contribution in [2.24, 2.45) is 0 Å². The van der Waals surface area contributed by atoms with Gasteiger partial charge in [-0.25, -0.2) is 9.89 Å². The summed E-state index contributed by atoms with van der Waals surface area (Å²) in [6, 6.07) is 14.8. The van der Waals surface area contributed by atoms with Crippen LogP contribution in [0.2, 0.25) is 5.02 Å². The van der Waals surface area contributed by atoms with E-state index in [1.165, 1.54) is 11.8 Å². The molecule has 146 valence electrons. The van der Waals surface area contributed by atoms with Crippen LogP contribution in [0.15, 0.2) is 58.5 Å². The van der Waals surface area contributed by atoms with Crippen LogP contribution in [0.25, 0.3) is 0 Å². The molecule has 0 spiro atoms. The Morgan fingerprint density at radius 3 is 2.71 bits per heavy atom. The number of nitrogens with zero attached hydrogens (tertiary/aromatic N) is 2. The molecule has 2 aromatic carbocycles. The van der Waals surface area contributed by atoms with Crippen LogP contribution in [0.1, 0.15) is 29.7 Å². The Kier molecular flexibility index (Phi) is 6.59. The van der Waals surface area contributed by atoms with E-state index in [-0.39, 0.29) is 11.6 Å². The minimum absolute atomic E-state index is 0.213. The second-order valence-electron chi connectivity index (χ2n) is 6.32. The zero-order valence-electron chi connectivity index (χ0n) is 15.6. The second kappa shape index (κ2) is 9.12. The average molecular weight is 417 g/mol. The van der Waals surface area contributed by atoms with Crippen LogP contribution >= 0.6 is 23.4 Å². The number of H-pyrrole nitrogens is 1. The molecule has 6 nitrogen and oxygen atoms in total. The van der Waals surface area contributed by atoms with E-state index < -0.39 is 5.25 Å². The molecule has 1 heterocycles. The first-order chi connectivity index (χ1) is 13.5. The highest BCUT2D eigenvalue weighted by Gasteiger charge is 2.25. The van der Waals surface area contributed by atoms with Crippen molar-refractivity contribution in [1.29, 1.82) is 0 Å². The van der Waals surface area contributed by atoms with Crippen molar-refractivity contribution in [1.82, 2.24) is 14.8 Å². The van der Waals surface area contributed by atoms with Crippen LogP contribution in [0.4, 0.5) is 5.69 Å². The summed E-state index contributed by atoms with van der Waals surface area (Å²) in [6.07, 6.45) is 0.789. The molecule has 8 heteroatoms. The lowest BCUT2D eigenvalue weighted by molar-refractivity contribution is -0.115. The SMILES string of the molecule is CCCn1c(SC(C(=O)Nc2ccc(C)c(Cl)c2)c2ccccc2)n[nH]c1=O. The molecule has 0 bridgehead atoms. The second-order valence-corrected chi connectivity index (χ2v) is 7.80. The van der Waals surface area contributed by atoms with Crippen LogP contribution in [-0.2, 0) is 11.3 Å². The Balaban J connectivity index is 1.90. The summed E-state index contributed by atoms with van der Waals surface area (Å²) in [5.74, 6) is -0.213. The zero-order chi connectivity index (χ0) is 20.1. The van der Waals surface area contributed by atoms with Crippen molar-refractivity contribution in [3.8, 4) is 0 Å². The lowest BCUT2D eigenvalue weighted by Gasteiger charge is -2.17. The highest BCUT2D eigenvalue weighted by molar-refractivity contribution is 8.00. The molecule has 0 aliphatic heterocycles. The number of aromatic nitrogens is 3.